The van der Waals surface area contributed by atoms with Gasteiger partial charge < -0.3 is 5.11 Å². The molecule has 0 bridgehead atoms. The van der Waals surface area contributed by atoms with E-state index in [2.05, 4.69) is 6.92 Å². The molecule has 0 aliphatic carbocycles. The van der Waals surface area contributed by atoms with Crippen molar-refractivity contribution < 1.29 is 31.6 Å². The summed E-state index contributed by atoms with van der Waals surface area (Å²) >= 11 is -1.75. The standard InChI is InChI=1S/C12H26O.H2O.O.Ti/c1-2-3-4-5-6-7-8-9-10-11-12-13;;;/h13H,2-12H2,1H3;1H2;;/q;;;+1/p-1. The second-order valence-electron chi connectivity index (χ2n) is 4.00. The van der Waals surface area contributed by atoms with E-state index in [0.29, 0.717) is 6.61 Å². The molecule has 97 valence electrons. The molecule has 0 saturated heterocycles. The van der Waals surface area contributed by atoms with E-state index in [1.54, 1.807) is 0 Å². The van der Waals surface area contributed by atoms with E-state index in [4.69, 9.17) is 12.1 Å². The van der Waals surface area contributed by atoms with Crippen LogP contribution >= 0.6 is 0 Å². The summed E-state index contributed by atoms with van der Waals surface area (Å²) in [5.41, 5.74) is 0. The molecule has 0 aromatic carbocycles. The Kier molecular flexibility index (Phi) is 24.4. The quantitative estimate of drug-likeness (QED) is 0.472. The molecular weight excluding hydrogens is 240 g/mol. The fourth-order valence-corrected chi connectivity index (χ4v) is 1.60. The van der Waals surface area contributed by atoms with Crippen LogP contribution in [0.1, 0.15) is 71.1 Å². The van der Waals surface area contributed by atoms with Gasteiger partial charge in [-0.2, -0.15) is 0 Å². The molecule has 0 aliphatic heterocycles. The average molecular weight is 267 g/mol. The van der Waals surface area contributed by atoms with Crippen molar-refractivity contribution in [1.82, 2.24) is 0 Å². The molecule has 0 radical (unpaired) electrons. The summed E-state index contributed by atoms with van der Waals surface area (Å²) in [6.45, 7) is 2.63. The van der Waals surface area contributed by atoms with E-state index in [0.717, 1.165) is 6.42 Å². The first-order chi connectivity index (χ1) is 7.83. The Labute approximate surface area is 109 Å². The molecule has 0 aromatic rings. The van der Waals surface area contributed by atoms with Crippen LogP contribution in [-0.4, -0.2) is 15.4 Å². The third-order valence-corrected chi connectivity index (χ3v) is 2.51. The Bertz CT molecular complexity index is 111. The normalized spacial score (nSPS) is 9.19. The van der Waals surface area contributed by atoms with Crippen LogP contribution in [0.25, 0.3) is 0 Å². The number of unbranched alkanes of at least 4 members (excludes halogenated alkanes) is 9. The van der Waals surface area contributed by atoms with Gasteiger partial charge in [-0.05, 0) is 6.42 Å². The third kappa shape index (κ3) is 23.9. The number of aliphatic hydroxyl groups is 1. The summed E-state index contributed by atoms with van der Waals surface area (Å²) in [4.78, 5) is 0. The molecule has 0 saturated carbocycles. The Balaban J connectivity index is 0. The summed E-state index contributed by atoms with van der Waals surface area (Å²) in [6.07, 6.45) is 13.3. The molecule has 0 amide bonds. The van der Waals surface area contributed by atoms with Crippen LogP contribution in [0.4, 0.5) is 0 Å². The molecular formula is C12H27O3Ti. The summed E-state index contributed by atoms with van der Waals surface area (Å²) in [5, 5.41) is 8.57. The van der Waals surface area contributed by atoms with Gasteiger partial charge in [-0.1, -0.05) is 64.7 Å². The van der Waals surface area contributed by atoms with Gasteiger partial charge in [-0.3, -0.25) is 0 Å². The van der Waals surface area contributed by atoms with Crippen molar-refractivity contribution in [3.63, 3.8) is 0 Å². The maximum absolute atomic E-state index is 8.61. The van der Waals surface area contributed by atoms with Crippen LogP contribution in [0, 0.1) is 0 Å². The van der Waals surface area contributed by atoms with Gasteiger partial charge in [0, 0.05) is 6.61 Å². The van der Waals surface area contributed by atoms with E-state index < -0.39 is 19.5 Å². The molecule has 0 rings (SSSR count). The number of hydrogen-bond acceptors (Lipinski definition) is 2. The zero-order valence-corrected chi connectivity index (χ0v) is 12.1. The van der Waals surface area contributed by atoms with Crippen molar-refractivity contribution in [2.75, 3.05) is 6.61 Å². The van der Waals surface area contributed by atoms with E-state index in [1.165, 1.54) is 57.8 Å². The van der Waals surface area contributed by atoms with Crippen molar-refractivity contribution in [2.45, 2.75) is 71.1 Å². The average Bonchev–Trinajstić information content (AvgIpc) is 2.28. The second kappa shape index (κ2) is 20.8. The molecule has 16 heavy (non-hydrogen) atoms. The minimum absolute atomic E-state index is 0.372. The van der Waals surface area contributed by atoms with Gasteiger partial charge in [0.1, 0.15) is 0 Å². The van der Waals surface area contributed by atoms with Crippen molar-refractivity contribution in [3.05, 3.63) is 0 Å². The van der Waals surface area contributed by atoms with Gasteiger partial charge in [-0.25, -0.2) is 0 Å². The molecule has 0 atom stereocenters. The molecule has 3 nitrogen and oxygen atoms in total. The van der Waals surface area contributed by atoms with Crippen molar-refractivity contribution in [2.24, 2.45) is 0 Å². The first kappa shape index (κ1) is 18.8. The van der Waals surface area contributed by atoms with Gasteiger partial charge in [-0.15, -0.1) is 0 Å². The summed E-state index contributed by atoms with van der Waals surface area (Å²) in [6, 6.07) is 0. The molecule has 0 aromatic heterocycles. The van der Waals surface area contributed by atoms with Gasteiger partial charge in [0.05, 0.1) is 0 Å². The van der Waals surface area contributed by atoms with Crippen LogP contribution in [0.2, 0.25) is 0 Å². The van der Waals surface area contributed by atoms with Crippen molar-refractivity contribution in [3.8, 4) is 0 Å². The number of aliphatic hydroxyl groups excluding tert-OH is 1. The fraction of sp³-hybridized carbons (Fsp3) is 1.00. The minimum atomic E-state index is -1.75. The van der Waals surface area contributed by atoms with Gasteiger partial charge in [0.2, 0.25) is 0 Å². The Morgan fingerprint density at radius 2 is 1.12 bits per heavy atom. The van der Waals surface area contributed by atoms with Crippen LogP contribution in [0.15, 0.2) is 0 Å². The number of rotatable bonds is 10. The molecule has 0 spiro atoms. The topological polar surface area (TPSA) is 57.5 Å². The van der Waals surface area contributed by atoms with E-state index in [1.807, 2.05) is 0 Å². The molecule has 0 heterocycles. The fourth-order valence-electron chi connectivity index (χ4n) is 1.60. The van der Waals surface area contributed by atoms with E-state index in [9.17, 15) is 0 Å². The third-order valence-electron chi connectivity index (χ3n) is 2.51. The van der Waals surface area contributed by atoms with Crippen LogP contribution in [-0.2, 0) is 22.8 Å². The van der Waals surface area contributed by atoms with Crippen LogP contribution in [0.5, 0.6) is 0 Å². The summed E-state index contributed by atoms with van der Waals surface area (Å²) < 4.78 is 15.8. The monoisotopic (exact) mass is 267 g/mol. The first-order valence-electron chi connectivity index (χ1n) is 6.45. The van der Waals surface area contributed by atoms with Crippen LogP contribution < -0.4 is 0 Å². The van der Waals surface area contributed by atoms with Crippen molar-refractivity contribution in [1.29, 1.82) is 0 Å². The molecule has 0 fully saturated rings. The zero-order chi connectivity index (χ0) is 12.5. The maximum atomic E-state index is 8.61. The predicted octanol–water partition coefficient (Wildman–Crippen LogP) is 3.22. The molecule has 2 N–H and O–H groups in total. The Morgan fingerprint density at radius 3 is 1.44 bits per heavy atom. The van der Waals surface area contributed by atoms with Crippen LogP contribution in [0.3, 0.4) is 0 Å². The van der Waals surface area contributed by atoms with E-state index >= 15 is 0 Å². The number of hydrogen-bond donors (Lipinski definition) is 2. The SMILES string of the molecule is CCCCCCCCCCCCO.[O]=[Ti][OH]. The molecule has 4 heteroatoms. The predicted molar refractivity (Wildman–Crippen MR) is 61.8 cm³/mol. The van der Waals surface area contributed by atoms with Crippen molar-refractivity contribution >= 4 is 0 Å². The zero-order valence-electron chi connectivity index (χ0n) is 10.6. The second-order valence-corrected chi connectivity index (χ2v) is 4.28. The summed E-state index contributed by atoms with van der Waals surface area (Å²) in [7, 11) is 0. The molecule has 0 unspecified atom stereocenters. The van der Waals surface area contributed by atoms with Gasteiger partial charge in [0.25, 0.3) is 0 Å². The summed E-state index contributed by atoms with van der Waals surface area (Å²) in [5.74, 6) is 0. The van der Waals surface area contributed by atoms with E-state index in [-0.39, 0.29) is 0 Å². The Hall–Kier alpha value is 0.434. The molecule has 0 aliphatic rings. The van der Waals surface area contributed by atoms with Gasteiger partial charge in [0.15, 0.2) is 0 Å². The first-order valence-corrected chi connectivity index (χ1v) is 7.79. The Morgan fingerprint density at radius 1 is 0.812 bits per heavy atom. The van der Waals surface area contributed by atoms with Gasteiger partial charge >= 0.3 is 26.5 Å².